The lowest BCUT2D eigenvalue weighted by atomic mass is 10.0. The van der Waals surface area contributed by atoms with Gasteiger partial charge in [-0.2, -0.15) is 0 Å². The quantitative estimate of drug-likeness (QED) is 0.613. The SMILES string of the molecule is CCc1nc(C)nc(N2CCN(C(=O)Nc3cccc(OC)c3)CC2)c1Cc1ccccc1. The molecule has 0 spiro atoms. The highest BCUT2D eigenvalue weighted by Crippen LogP contribution is 2.26. The van der Waals surface area contributed by atoms with Crippen molar-refractivity contribution < 1.29 is 9.53 Å². The van der Waals surface area contributed by atoms with Gasteiger partial charge in [-0.3, -0.25) is 0 Å². The Morgan fingerprint density at radius 2 is 1.79 bits per heavy atom. The number of benzene rings is 2. The van der Waals surface area contributed by atoms with Crippen LogP contribution < -0.4 is 15.0 Å². The summed E-state index contributed by atoms with van der Waals surface area (Å²) in [6, 6.07) is 17.8. The van der Waals surface area contributed by atoms with Crippen LogP contribution >= 0.6 is 0 Å². The number of ether oxygens (including phenoxy) is 1. The highest BCUT2D eigenvalue weighted by molar-refractivity contribution is 5.89. The first-order chi connectivity index (χ1) is 16.1. The van der Waals surface area contributed by atoms with Crippen LogP contribution in [0.5, 0.6) is 5.75 Å². The first-order valence-corrected chi connectivity index (χ1v) is 11.4. The van der Waals surface area contributed by atoms with E-state index in [2.05, 4.69) is 41.4 Å². The Hall–Kier alpha value is -3.61. The molecule has 0 unspecified atom stereocenters. The normalized spacial score (nSPS) is 13.7. The van der Waals surface area contributed by atoms with Crippen molar-refractivity contribution >= 4 is 17.5 Å². The Morgan fingerprint density at radius 3 is 2.48 bits per heavy atom. The summed E-state index contributed by atoms with van der Waals surface area (Å²) in [6.45, 7) is 6.81. The van der Waals surface area contributed by atoms with Gasteiger partial charge in [0, 0.05) is 55.6 Å². The minimum Gasteiger partial charge on any atom is -0.497 e. The summed E-state index contributed by atoms with van der Waals surface area (Å²) in [4.78, 5) is 26.5. The smallest absolute Gasteiger partial charge is 0.321 e. The van der Waals surface area contributed by atoms with E-state index in [0.29, 0.717) is 13.1 Å². The first kappa shape index (κ1) is 22.6. The minimum atomic E-state index is -0.0967. The number of amides is 2. The number of carbonyl (C=O) groups is 1. The molecule has 172 valence electrons. The molecule has 1 fully saturated rings. The number of hydrogen-bond acceptors (Lipinski definition) is 5. The molecule has 2 aromatic carbocycles. The molecule has 7 heteroatoms. The number of carbonyl (C=O) groups excluding carboxylic acids is 1. The topological polar surface area (TPSA) is 70.6 Å². The van der Waals surface area contributed by atoms with Crippen molar-refractivity contribution in [1.82, 2.24) is 14.9 Å². The molecule has 1 aliphatic rings. The number of piperazine rings is 1. The van der Waals surface area contributed by atoms with E-state index < -0.39 is 0 Å². The number of nitrogens with one attached hydrogen (secondary N) is 1. The summed E-state index contributed by atoms with van der Waals surface area (Å²) in [5, 5.41) is 2.98. The molecule has 0 aliphatic carbocycles. The molecule has 2 heterocycles. The molecule has 0 atom stereocenters. The average molecular weight is 446 g/mol. The molecule has 1 saturated heterocycles. The van der Waals surface area contributed by atoms with E-state index in [0.717, 1.165) is 54.7 Å². The van der Waals surface area contributed by atoms with E-state index >= 15 is 0 Å². The number of nitrogens with zero attached hydrogens (tertiary/aromatic N) is 4. The van der Waals surface area contributed by atoms with Gasteiger partial charge in [0.15, 0.2) is 0 Å². The maximum absolute atomic E-state index is 12.8. The predicted octanol–water partition coefficient (Wildman–Crippen LogP) is 4.30. The van der Waals surface area contributed by atoms with Crippen molar-refractivity contribution in [1.29, 1.82) is 0 Å². The molecule has 33 heavy (non-hydrogen) atoms. The summed E-state index contributed by atoms with van der Waals surface area (Å²) < 4.78 is 5.24. The van der Waals surface area contributed by atoms with Crippen molar-refractivity contribution in [3.05, 3.63) is 77.2 Å². The van der Waals surface area contributed by atoms with E-state index in [4.69, 9.17) is 14.7 Å². The summed E-state index contributed by atoms with van der Waals surface area (Å²) in [6.07, 6.45) is 1.66. The van der Waals surface area contributed by atoms with Gasteiger partial charge in [-0.05, 0) is 31.0 Å². The van der Waals surface area contributed by atoms with E-state index in [1.54, 1.807) is 7.11 Å². The lowest BCUT2D eigenvalue weighted by Crippen LogP contribution is -2.50. The standard InChI is InChI=1S/C26H31N5O2/c1-4-24-23(17-20-9-6-5-7-10-20)25(28-19(2)27-24)30-13-15-31(16-14-30)26(32)29-21-11-8-12-22(18-21)33-3/h5-12,18H,4,13-17H2,1-3H3,(H,29,32). The second kappa shape index (κ2) is 10.3. The van der Waals surface area contributed by atoms with Gasteiger partial charge in [0.05, 0.1) is 7.11 Å². The second-order valence-electron chi connectivity index (χ2n) is 8.17. The van der Waals surface area contributed by atoms with E-state index in [-0.39, 0.29) is 6.03 Å². The highest BCUT2D eigenvalue weighted by Gasteiger charge is 2.25. The lowest BCUT2D eigenvalue weighted by Gasteiger charge is -2.36. The highest BCUT2D eigenvalue weighted by atomic mass is 16.5. The van der Waals surface area contributed by atoms with Crippen LogP contribution in [0, 0.1) is 6.92 Å². The number of anilines is 2. The molecule has 4 rings (SSSR count). The third kappa shape index (κ3) is 5.42. The zero-order valence-corrected chi connectivity index (χ0v) is 19.5. The van der Waals surface area contributed by atoms with Gasteiger partial charge >= 0.3 is 6.03 Å². The average Bonchev–Trinajstić information content (AvgIpc) is 2.85. The molecule has 2 amide bonds. The second-order valence-corrected chi connectivity index (χ2v) is 8.17. The Morgan fingerprint density at radius 1 is 1.03 bits per heavy atom. The molecule has 1 aliphatic heterocycles. The van der Waals surface area contributed by atoms with Gasteiger partial charge in [0.1, 0.15) is 17.4 Å². The molecule has 1 aromatic heterocycles. The molecule has 0 radical (unpaired) electrons. The van der Waals surface area contributed by atoms with Gasteiger partial charge in [-0.1, -0.05) is 43.3 Å². The number of methoxy groups -OCH3 is 1. The largest absolute Gasteiger partial charge is 0.497 e. The van der Waals surface area contributed by atoms with Crippen LogP contribution in [0.4, 0.5) is 16.3 Å². The van der Waals surface area contributed by atoms with Crippen LogP contribution in [-0.4, -0.2) is 54.2 Å². The van der Waals surface area contributed by atoms with Crippen LogP contribution in [0.15, 0.2) is 54.6 Å². The van der Waals surface area contributed by atoms with Crippen LogP contribution in [-0.2, 0) is 12.8 Å². The summed E-state index contributed by atoms with van der Waals surface area (Å²) in [5.41, 5.74) is 4.26. The van der Waals surface area contributed by atoms with Crippen molar-refractivity contribution in [2.45, 2.75) is 26.7 Å². The number of aromatic nitrogens is 2. The van der Waals surface area contributed by atoms with Gasteiger partial charge in [-0.25, -0.2) is 14.8 Å². The predicted molar refractivity (Wildman–Crippen MR) is 131 cm³/mol. The molecule has 0 bridgehead atoms. The van der Waals surface area contributed by atoms with Crippen molar-refractivity contribution in [3.8, 4) is 5.75 Å². The molecular weight excluding hydrogens is 414 g/mol. The maximum atomic E-state index is 12.8. The zero-order chi connectivity index (χ0) is 23.2. The van der Waals surface area contributed by atoms with Gasteiger partial charge < -0.3 is 19.9 Å². The molecule has 1 N–H and O–H groups in total. The third-order valence-corrected chi connectivity index (χ3v) is 5.93. The number of rotatable bonds is 6. The van der Waals surface area contributed by atoms with E-state index in [9.17, 15) is 4.79 Å². The molecular formula is C26H31N5O2. The van der Waals surface area contributed by atoms with Crippen LogP contribution in [0.3, 0.4) is 0 Å². The zero-order valence-electron chi connectivity index (χ0n) is 19.5. The summed E-state index contributed by atoms with van der Waals surface area (Å²) in [5.74, 6) is 2.50. The van der Waals surface area contributed by atoms with E-state index in [1.807, 2.05) is 42.2 Å². The number of aryl methyl sites for hydroxylation is 2. The third-order valence-electron chi connectivity index (χ3n) is 5.93. The van der Waals surface area contributed by atoms with Crippen LogP contribution in [0.1, 0.15) is 29.6 Å². The summed E-state index contributed by atoms with van der Waals surface area (Å²) >= 11 is 0. The fraction of sp³-hybridized carbons (Fsp3) is 0.346. The van der Waals surface area contributed by atoms with Gasteiger partial charge in [-0.15, -0.1) is 0 Å². The Labute approximate surface area is 195 Å². The maximum Gasteiger partial charge on any atom is 0.321 e. The molecule has 0 saturated carbocycles. The van der Waals surface area contributed by atoms with E-state index in [1.165, 1.54) is 11.1 Å². The van der Waals surface area contributed by atoms with Gasteiger partial charge in [0.25, 0.3) is 0 Å². The molecule has 3 aromatic rings. The molecule has 7 nitrogen and oxygen atoms in total. The minimum absolute atomic E-state index is 0.0967. The Bertz CT molecular complexity index is 1100. The lowest BCUT2D eigenvalue weighted by molar-refractivity contribution is 0.208. The van der Waals surface area contributed by atoms with Crippen molar-refractivity contribution in [2.24, 2.45) is 0 Å². The monoisotopic (exact) mass is 445 g/mol. The van der Waals surface area contributed by atoms with Crippen LogP contribution in [0.2, 0.25) is 0 Å². The fourth-order valence-electron chi connectivity index (χ4n) is 4.20. The van der Waals surface area contributed by atoms with Crippen molar-refractivity contribution in [3.63, 3.8) is 0 Å². The Balaban J connectivity index is 1.47. The number of urea groups is 1. The summed E-state index contributed by atoms with van der Waals surface area (Å²) in [7, 11) is 1.62. The van der Waals surface area contributed by atoms with Crippen molar-refractivity contribution in [2.75, 3.05) is 43.5 Å². The first-order valence-electron chi connectivity index (χ1n) is 11.4. The number of hydrogen-bond donors (Lipinski definition) is 1. The fourth-order valence-corrected chi connectivity index (χ4v) is 4.20. The Kier molecular flexibility index (Phi) is 7.07. The van der Waals surface area contributed by atoms with Crippen LogP contribution in [0.25, 0.3) is 0 Å². The van der Waals surface area contributed by atoms with Gasteiger partial charge in [0.2, 0.25) is 0 Å².